The van der Waals surface area contributed by atoms with Crippen molar-refractivity contribution in [3.63, 3.8) is 0 Å². The Kier molecular flexibility index (Phi) is 6.61. The van der Waals surface area contributed by atoms with Crippen LogP contribution in [-0.4, -0.2) is 19.7 Å². The highest BCUT2D eigenvalue weighted by atomic mass is 16.5. The maximum absolute atomic E-state index is 6.48. The highest BCUT2D eigenvalue weighted by Gasteiger charge is 2.21. The quantitative estimate of drug-likeness (QED) is 0.333. The van der Waals surface area contributed by atoms with Gasteiger partial charge < -0.3 is 14.5 Å². The highest BCUT2D eigenvalue weighted by molar-refractivity contribution is 6.03. The lowest BCUT2D eigenvalue weighted by Gasteiger charge is -2.20. The van der Waals surface area contributed by atoms with Crippen molar-refractivity contribution in [2.75, 3.05) is 25.0 Å². The number of aryl methyl sites for hydroxylation is 2. The molecule has 1 heterocycles. The molecule has 0 aromatic heterocycles. The van der Waals surface area contributed by atoms with Gasteiger partial charge in [-0.15, -0.1) is 0 Å². The van der Waals surface area contributed by atoms with Crippen LogP contribution in [0.4, 0.5) is 5.69 Å². The monoisotopic (exact) mass is 428 g/mol. The third-order valence-electron chi connectivity index (χ3n) is 5.83. The van der Waals surface area contributed by atoms with Gasteiger partial charge in [-0.25, -0.2) is 0 Å². The number of fused-ring (bicyclic) bond motifs is 2. The lowest BCUT2D eigenvalue weighted by molar-refractivity contribution is 0.134. The van der Waals surface area contributed by atoms with Crippen LogP contribution in [0.25, 0.3) is 33.4 Å². The lowest BCUT2D eigenvalue weighted by atomic mass is 9.89. The fourth-order valence-corrected chi connectivity index (χ4v) is 4.30. The fourth-order valence-electron chi connectivity index (χ4n) is 4.30. The molecule has 2 aliphatic rings. The summed E-state index contributed by atoms with van der Waals surface area (Å²) in [4.78, 5) is 4.67. The second kappa shape index (κ2) is 9.58. The van der Waals surface area contributed by atoms with Gasteiger partial charge in [-0.2, -0.15) is 0 Å². The molecule has 0 amide bonds. The van der Waals surface area contributed by atoms with Crippen LogP contribution in [0.3, 0.4) is 0 Å². The van der Waals surface area contributed by atoms with E-state index >= 15 is 0 Å². The minimum atomic E-state index is 0.582. The van der Waals surface area contributed by atoms with Gasteiger partial charge in [-0.05, 0) is 69.0 Å². The van der Waals surface area contributed by atoms with Gasteiger partial charge in [0.15, 0.2) is 0 Å². The molecule has 2 aromatic carbocycles. The minimum absolute atomic E-state index is 0.582. The molecule has 1 N–H and O–H groups in total. The zero-order valence-corrected chi connectivity index (χ0v) is 19.7. The third-order valence-corrected chi connectivity index (χ3v) is 5.83. The van der Waals surface area contributed by atoms with E-state index in [2.05, 4.69) is 86.5 Å². The molecular weight excluding hydrogens is 396 g/mol. The molecule has 32 heavy (non-hydrogen) atoms. The zero-order chi connectivity index (χ0) is 22.7. The molecule has 4 rings (SSSR count). The number of benzene rings is 3. The van der Waals surface area contributed by atoms with Gasteiger partial charge >= 0.3 is 0 Å². The van der Waals surface area contributed by atoms with Gasteiger partial charge in [0.05, 0.1) is 12.0 Å². The molecule has 1 aliphatic carbocycles. The Morgan fingerprint density at radius 3 is 2.50 bits per heavy atom. The first kappa shape index (κ1) is 22.1. The molecule has 0 spiro atoms. The molecule has 0 atom stereocenters. The molecule has 4 heteroatoms. The standard InChI is InChI=1S/C28H32N2O2/c1-6-29-24-15-26-22(13-18(24)4)28(21-12-10-9-11-20(21)17-31-8-3)23-14-19(5)25(30-7-2)16-27(23)32-26/h9-16,29H,6-8,17H2,1-5H3. The first-order valence-corrected chi connectivity index (χ1v) is 11.5. The molecule has 0 bridgehead atoms. The lowest BCUT2D eigenvalue weighted by Crippen LogP contribution is -2.09. The third kappa shape index (κ3) is 4.15. The smallest absolute Gasteiger partial charge is 0.137 e. The summed E-state index contributed by atoms with van der Waals surface area (Å²) in [5, 5.41) is 5.55. The number of anilines is 1. The summed E-state index contributed by atoms with van der Waals surface area (Å²) in [6.45, 7) is 13.3. The van der Waals surface area contributed by atoms with Gasteiger partial charge in [0.2, 0.25) is 0 Å². The number of rotatable bonds is 7. The van der Waals surface area contributed by atoms with Gasteiger partial charge in [0, 0.05) is 54.0 Å². The van der Waals surface area contributed by atoms with Crippen LogP contribution in [0, 0.1) is 13.8 Å². The Morgan fingerprint density at radius 1 is 0.938 bits per heavy atom. The van der Waals surface area contributed by atoms with Crippen LogP contribution in [0.15, 0.2) is 57.9 Å². The maximum atomic E-state index is 6.48. The average molecular weight is 429 g/mol. The molecule has 1 aliphatic heterocycles. The Bertz CT molecular complexity index is 1290. The topological polar surface area (TPSA) is 46.8 Å². The van der Waals surface area contributed by atoms with E-state index in [1.807, 2.05) is 6.92 Å². The minimum Gasteiger partial charge on any atom is -0.456 e. The van der Waals surface area contributed by atoms with Crippen molar-refractivity contribution < 1.29 is 9.15 Å². The molecule has 0 radical (unpaired) electrons. The Morgan fingerprint density at radius 2 is 1.75 bits per heavy atom. The SMILES string of the molecule is CCN=c1cc2oc3cc(NCC)c(C)cc3c(-c3ccccc3COCC)c-2cc1C. The van der Waals surface area contributed by atoms with Crippen molar-refractivity contribution in [2.45, 2.75) is 41.2 Å². The summed E-state index contributed by atoms with van der Waals surface area (Å²) in [6.07, 6.45) is 0. The van der Waals surface area contributed by atoms with Crippen LogP contribution in [0.1, 0.15) is 37.5 Å². The molecule has 0 unspecified atom stereocenters. The number of nitrogens with one attached hydrogen (secondary N) is 1. The average Bonchev–Trinajstić information content (AvgIpc) is 2.78. The van der Waals surface area contributed by atoms with Gasteiger partial charge in [0.25, 0.3) is 0 Å². The normalized spacial score (nSPS) is 12.1. The van der Waals surface area contributed by atoms with Crippen LogP contribution >= 0.6 is 0 Å². The summed E-state index contributed by atoms with van der Waals surface area (Å²) >= 11 is 0. The summed E-state index contributed by atoms with van der Waals surface area (Å²) in [6, 6.07) is 17.2. The Hall–Kier alpha value is -3.11. The molecule has 0 fully saturated rings. The second-order valence-electron chi connectivity index (χ2n) is 8.07. The van der Waals surface area contributed by atoms with Gasteiger partial charge in [0.1, 0.15) is 11.3 Å². The zero-order valence-electron chi connectivity index (χ0n) is 19.7. The number of ether oxygens (including phenoxy) is 1. The first-order chi connectivity index (χ1) is 15.6. The molecular formula is C28H32N2O2. The maximum Gasteiger partial charge on any atom is 0.137 e. The van der Waals surface area contributed by atoms with Crippen molar-refractivity contribution in [1.82, 2.24) is 0 Å². The summed E-state index contributed by atoms with van der Waals surface area (Å²) in [5.74, 6) is 0.850. The van der Waals surface area contributed by atoms with E-state index in [9.17, 15) is 0 Å². The molecule has 166 valence electrons. The van der Waals surface area contributed by atoms with Crippen LogP contribution in [0.5, 0.6) is 0 Å². The number of nitrogens with zero attached hydrogens (tertiary/aromatic N) is 1. The summed E-state index contributed by atoms with van der Waals surface area (Å²) in [5.41, 5.74) is 8.97. The van der Waals surface area contributed by atoms with E-state index in [1.54, 1.807) is 0 Å². The predicted octanol–water partition coefficient (Wildman–Crippen LogP) is 6.71. The first-order valence-electron chi connectivity index (χ1n) is 11.5. The summed E-state index contributed by atoms with van der Waals surface area (Å²) < 4.78 is 12.3. The van der Waals surface area contributed by atoms with E-state index in [0.717, 1.165) is 52.0 Å². The second-order valence-corrected chi connectivity index (χ2v) is 8.07. The van der Waals surface area contributed by atoms with E-state index in [4.69, 9.17) is 9.15 Å². The van der Waals surface area contributed by atoms with Crippen LogP contribution in [0.2, 0.25) is 0 Å². The predicted molar refractivity (Wildman–Crippen MR) is 133 cm³/mol. The number of hydrogen-bond donors (Lipinski definition) is 1. The Balaban J connectivity index is 2.12. The van der Waals surface area contributed by atoms with Crippen molar-refractivity contribution in [3.05, 3.63) is 70.6 Å². The van der Waals surface area contributed by atoms with Crippen molar-refractivity contribution in [1.29, 1.82) is 0 Å². The number of hydrogen-bond acceptors (Lipinski definition) is 4. The van der Waals surface area contributed by atoms with Crippen LogP contribution in [-0.2, 0) is 11.3 Å². The van der Waals surface area contributed by atoms with E-state index in [-0.39, 0.29) is 0 Å². The largest absolute Gasteiger partial charge is 0.456 e. The highest BCUT2D eigenvalue weighted by Crippen LogP contribution is 2.42. The van der Waals surface area contributed by atoms with Crippen molar-refractivity contribution in [2.24, 2.45) is 4.99 Å². The van der Waals surface area contributed by atoms with Gasteiger partial charge in [-0.3, -0.25) is 4.99 Å². The molecule has 0 saturated carbocycles. The van der Waals surface area contributed by atoms with E-state index < -0.39 is 0 Å². The van der Waals surface area contributed by atoms with Crippen LogP contribution < -0.4 is 10.7 Å². The molecule has 0 saturated heterocycles. The Labute approximate surface area is 190 Å². The molecule has 2 aromatic rings. The van der Waals surface area contributed by atoms with E-state index in [0.29, 0.717) is 13.2 Å². The van der Waals surface area contributed by atoms with E-state index in [1.165, 1.54) is 22.3 Å². The molecule has 4 nitrogen and oxygen atoms in total. The van der Waals surface area contributed by atoms with Crippen molar-refractivity contribution >= 4 is 16.7 Å². The van der Waals surface area contributed by atoms with Gasteiger partial charge in [-0.1, -0.05) is 24.3 Å². The summed E-state index contributed by atoms with van der Waals surface area (Å²) in [7, 11) is 0. The fraction of sp³-hybridized carbons (Fsp3) is 0.321. The van der Waals surface area contributed by atoms with Crippen molar-refractivity contribution in [3.8, 4) is 22.5 Å².